The molecule has 5 rings (SSSR count). The lowest BCUT2D eigenvalue weighted by Gasteiger charge is -2.16. The van der Waals surface area contributed by atoms with Crippen molar-refractivity contribution in [3.05, 3.63) is 72.6 Å². The van der Waals surface area contributed by atoms with Crippen LogP contribution in [0.4, 0.5) is 24.8 Å². The van der Waals surface area contributed by atoms with Crippen LogP contribution in [0.15, 0.2) is 61.4 Å². The van der Waals surface area contributed by atoms with Crippen LogP contribution in [0, 0.1) is 17.2 Å². The standard InChI is InChI=1S/C28H25F3N8O3/c1-16(13-39-15-33-14-36-39)42-24-7-17(3-4-19(24)10-32)20-11-34-27(35-12-20)38-22-6-5-18(8-25(22)41-2)26(40)37-23-9-21(23)28(29,30)31/h3-8,11-12,14-16,21,23H,9,13H2,1-2H3,(H,37,40)(H,34,35,38)/t16-,21?,23?/m0/s1. The fourth-order valence-corrected chi connectivity index (χ4v) is 4.30. The zero-order chi connectivity index (χ0) is 29.9. The summed E-state index contributed by atoms with van der Waals surface area (Å²) in [4.78, 5) is 25.1. The molecule has 42 heavy (non-hydrogen) atoms. The number of hydrogen-bond donors (Lipinski definition) is 2. The normalized spacial score (nSPS) is 16.7. The first-order valence-electron chi connectivity index (χ1n) is 12.8. The van der Waals surface area contributed by atoms with Crippen LogP contribution in [-0.2, 0) is 6.54 Å². The zero-order valence-electron chi connectivity index (χ0n) is 22.5. The van der Waals surface area contributed by atoms with E-state index in [-0.39, 0.29) is 29.8 Å². The highest BCUT2D eigenvalue weighted by Gasteiger charge is 2.56. The number of nitrogens with zero attached hydrogens (tertiary/aromatic N) is 6. The van der Waals surface area contributed by atoms with Crippen molar-refractivity contribution < 1.29 is 27.4 Å². The summed E-state index contributed by atoms with van der Waals surface area (Å²) < 4.78 is 51.4. The lowest BCUT2D eigenvalue weighted by atomic mass is 10.1. The number of rotatable bonds is 10. The van der Waals surface area contributed by atoms with Gasteiger partial charge in [-0.15, -0.1) is 0 Å². The van der Waals surface area contributed by atoms with Gasteiger partial charge in [0.05, 0.1) is 30.8 Å². The van der Waals surface area contributed by atoms with E-state index in [0.29, 0.717) is 29.1 Å². The third kappa shape index (κ3) is 6.57. The molecule has 0 radical (unpaired) electrons. The minimum absolute atomic E-state index is 0.126. The Morgan fingerprint density at radius 1 is 1.17 bits per heavy atom. The summed E-state index contributed by atoms with van der Waals surface area (Å²) in [5.41, 5.74) is 2.41. The van der Waals surface area contributed by atoms with Gasteiger partial charge in [0.1, 0.15) is 36.3 Å². The van der Waals surface area contributed by atoms with E-state index in [1.807, 2.05) is 6.92 Å². The van der Waals surface area contributed by atoms with Gasteiger partial charge in [0, 0.05) is 29.6 Å². The SMILES string of the molecule is COc1cc(C(=O)NC2CC2C(F)(F)F)ccc1Nc1ncc(-c2ccc(C#N)c(O[C@@H](C)Cn3cncn3)c2)cn1. The van der Waals surface area contributed by atoms with Crippen molar-refractivity contribution >= 4 is 17.5 Å². The second kappa shape index (κ2) is 11.7. The molecule has 0 spiro atoms. The first-order valence-corrected chi connectivity index (χ1v) is 12.8. The molecule has 2 unspecified atom stereocenters. The fourth-order valence-electron chi connectivity index (χ4n) is 4.30. The van der Waals surface area contributed by atoms with Crippen LogP contribution in [0.3, 0.4) is 0 Å². The smallest absolute Gasteiger partial charge is 0.393 e. The molecule has 3 atom stereocenters. The van der Waals surface area contributed by atoms with Crippen LogP contribution in [0.1, 0.15) is 29.3 Å². The number of nitrogens with one attached hydrogen (secondary N) is 2. The topological polar surface area (TPSA) is 140 Å². The predicted molar refractivity (Wildman–Crippen MR) is 144 cm³/mol. The Balaban J connectivity index is 1.25. The Labute approximate surface area is 238 Å². The highest BCUT2D eigenvalue weighted by molar-refractivity contribution is 5.95. The Hall–Kier alpha value is -5.19. The highest BCUT2D eigenvalue weighted by Crippen LogP contribution is 2.44. The summed E-state index contributed by atoms with van der Waals surface area (Å²) in [6, 6.07) is 10.8. The maximum absolute atomic E-state index is 12.8. The van der Waals surface area contributed by atoms with E-state index < -0.39 is 24.0 Å². The van der Waals surface area contributed by atoms with E-state index in [4.69, 9.17) is 9.47 Å². The Kier molecular flexibility index (Phi) is 7.92. The van der Waals surface area contributed by atoms with E-state index in [2.05, 4.69) is 36.8 Å². The summed E-state index contributed by atoms with van der Waals surface area (Å²) >= 11 is 0. The first kappa shape index (κ1) is 28.3. The second-order valence-corrected chi connectivity index (χ2v) is 9.67. The molecule has 0 aliphatic heterocycles. The maximum Gasteiger partial charge on any atom is 0.393 e. The van der Waals surface area contributed by atoms with Gasteiger partial charge in [-0.2, -0.15) is 23.5 Å². The molecule has 14 heteroatoms. The summed E-state index contributed by atoms with van der Waals surface area (Å²) in [7, 11) is 1.41. The van der Waals surface area contributed by atoms with Gasteiger partial charge in [0.2, 0.25) is 5.95 Å². The molecule has 2 N–H and O–H groups in total. The number of carbonyl (C=O) groups is 1. The molecule has 4 aromatic rings. The number of hydrogen-bond acceptors (Lipinski definition) is 9. The number of benzene rings is 2. The number of methoxy groups -OCH3 is 1. The fraction of sp³-hybridized carbons (Fsp3) is 0.286. The van der Waals surface area contributed by atoms with Gasteiger partial charge in [-0.25, -0.2) is 19.6 Å². The Morgan fingerprint density at radius 2 is 1.95 bits per heavy atom. The number of halogens is 3. The molecule has 1 saturated carbocycles. The summed E-state index contributed by atoms with van der Waals surface area (Å²) in [5.74, 6) is -1.19. The van der Waals surface area contributed by atoms with E-state index in [1.54, 1.807) is 47.7 Å². The Morgan fingerprint density at radius 3 is 2.60 bits per heavy atom. The van der Waals surface area contributed by atoms with Crippen LogP contribution in [0.2, 0.25) is 0 Å². The molecule has 0 saturated heterocycles. The maximum atomic E-state index is 12.8. The molecule has 11 nitrogen and oxygen atoms in total. The minimum atomic E-state index is -4.33. The molecule has 2 heterocycles. The van der Waals surface area contributed by atoms with Crippen molar-refractivity contribution in [1.29, 1.82) is 5.26 Å². The van der Waals surface area contributed by atoms with E-state index in [9.17, 15) is 23.2 Å². The van der Waals surface area contributed by atoms with Crippen molar-refractivity contribution in [2.45, 2.75) is 38.2 Å². The van der Waals surface area contributed by atoms with Crippen molar-refractivity contribution in [3.63, 3.8) is 0 Å². The predicted octanol–water partition coefficient (Wildman–Crippen LogP) is 4.51. The molecule has 1 aliphatic carbocycles. The van der Waals surface area contributed by atoms with Crippen molar-refractivity contribution in [3.8, 4) is 28.7 Å². The number of nitriles is 1. The van der Waals surface area contributed by atoms with Gasteiger partial charge in [-0.1, -0.05) is 6.07 Å². The van der Waals surface area contributed by atoms with Crippen LogP contribution < -0.4 is 20.1 Å². The third-order valence-electron chi connectivity index (χ3n) is 6.56. The van der Waals surface area contributed by atoms with Gasteiger partial charge in [0.15, 0.2) is 0 Å². The number of alkyl halides is 3. The molecule has 2 aromatic heterocycles. The van der Waals surface area contributed by atoms with Crippen LogP contribution >= 0.6 is 0 Å². The molecular formula is C28H25F3N8O3. The average Bonchev–Trinajstić information content (AvgIpc) is 3.58. The van der Waals surface area contributed by atoms with E-state index >= 15 is 0 Å². The number of amides is 1. The van der Waals surface area contributed by atoms with Crippen molar-refractivity contribution in [2.75, 3.05) is 12.4 Å². The quantitative estimate of drug-likeness (QED) is 0.278. The average molecular weight is 579 g/mol. The second-order valence-electron chi connectivity index (χ2n) is 9.67. The molecule has 1 aliphatic rings. The van der Waals surface area contributed by atoms with Gasteiger partial charge in [0.25, 0.3) is 5.91 Å². The van der Waals surface area contributed by atoms with Gasteiger partial charge in [-0.05, 0) is 49.2 Å². The number of ether oxygens (including phenoxy) is 2. The minimum Gasteiger partial charge on any atom is -0.495 e. The molecule has 2 aromatic carbocycles. The molecule has 216 valence electrons. The first-order chi connectivity index (χ1) is 20.1. The molecule has 1 fully saturated rings. The lowest BCUT2D eigenvalue weighted by Crippen LogP contribution is -2.29. The lowest BCUT2D eigenvalue weighted by molar-refractivity contribution is -0.148. The number of anilines is 2. The molecular weight excluding hydrogens is 553 g/mol. The zero-order valence-corrected chi connectivity index (χ0v) is 22.5. The monoisotopic (exact) mass is 578 g/mol. The summed E-state index contributed by atoms with van der Waals surface area (Å²) in [6.07, 6.45) is 1.48. The van der Waals surface area contributed by atoms with E-state index in [0.717, 1.165) is 5.56 Å². The van der Waals surface area contributed by atoms with Gasteiger partial charge >= 0.3 is 6.18 Å². The van der Waals surface area contributed by atoms with Crippen molar-refractivity contribution in [1.82, 2.24) is 30.0 Å². The number of carbonyl (C=O) groups excluding carboxylic acids is 1. The number of aromatic nitrogens is 5. The largest absolute Gasteiger partial charge is 0.495 e. The van der Waals surface area contributed by atoms with Gasteiger partial charge in [-0.3, -0.25) is 4.79 Å². The molecule has 1 amide bonds. The van der Waals surface area contributed by atoms with Crippen LogP contribution in [0.5, 0.6) is 11.5 Å². The van der Waals surface area contributed by atoms with Gasteiger partial charge < -0.3 is 20.1 Å². The summed E-state index contributed by atoms with van der Waals surface area (Å²) in [6.45, 7) is 2.31. The molecule has 0 bridgehead atoms. The van der Waals surface area contributed by atoms with Crippen LogP contribution in [-0.4, -0.2) is 56.1 Å². The summed E-state index contributed by atoms with van der Waals surface area (Å²) in [5, 5.41) is 19.0. The van der Waals surface area contributed by atoms with E-state index in [1.165, 1.54) is 25.6 Å². The van der Waals surface area contributed by atoms with Crippen LogP contribution in [0.25, 0.3) is 11.1 Å². The Bertz CT molecular complexity index is 1600. The highest BCUT2D eigenvalue weighted by atomic mass is 19.4. The van der Waals surface area contributed by atoms with Crippen molar-refractivity contribution in [2.24, 2.45) is 5.92 Å². The third-order valence-corrected chi connectivity index (χ3v) is 6.56.